The standard InChI is InChI=1S/C24H47N2/c1-4-6-8-10-11-12-13-14-15-16-17-19-21-26-23-22-25(24(26)3)20-18-9-7-5-2/h22-23H,4-21H2,1-3H3/q+1. The molecule has 2 heteroatoms. The molecule has 0 saturated carbocycles. The van der Waals surface area contributed by atoms with Gasteiger partial charge in [-0.25, -0.2) is 9.13 Å². The van der Waals surface area contributed by atoms with Crippen LogP contribution in [0.15, 0.2) is 12.4 Å². The summed E-state index contributed by atoms with van der Waals surface area (Å²) in [5.74, 6) is 1.43. The Morgan fingerprint density at radius 2 is 1.12 bits per heavy atom. The molecular formula is C24H47N2+. The molecule has 1 heterocycles. The largest absolute Gasteiger partial charge is 0.253 e. The van der Waals surface area contributed by atoms with Crippen LogP contribution in [0.4, 0.5) is 0 Å². The first-order chi connectivity index (χ1) is 12.8. The van der Waals surface area contributed by atoms with E-state index in [1.807, 2.05) is 0 Å². The Morgan fingerprint density at radius 1 is 0.654 bits per heavy atom. The van der Waals surface area contributed by atoms with E-state index in [9.17, 15) is 0 Å². The second-order valence-electron chi connectivity index (χ2n) is 8.18. The molecule has 0 aliphatic heterocycles. The number of hydrogen-bond donors (Lipinski definition) is 0. The fraction of sp³-hybridized carbons (Fsp3) is 0.875. The van der Waals surface area contributed by atoms with Crippen LogP contribution in [0.2, 0.25) is 0 Å². The number of aromatic nitrogens is 2. The summed E-state index contributed by atoms with van der Waals surface area (Å²) in [5.41, 5.74) is 0. The van der Waals surface area contributed by atoms with Crippen LogP contribution in [0.25, 0.3) is 0 Å². The minimum absolute atomic E-state index is 1.19. The highest BCUT2D eigenvalue weighted by molar-refractivity contribution is 4.79. The lowest BCUT2D eigenvalue weighted by Gasteiger charge is -2.03. The Bertz CT molecular complexity index is 422. The van der Waals surface area contributed by atoms with E-state index in [0.29, 0.717) is 0 Å². The predicted octanol–water partition coefficient (Wildman–Crippen LogP) is 7.37. The number of rotatable bonds is 18. The van der Waals surface area contributed by atoms with Gasteiger partial charge in [0.25, 0.3) is 5.82 Å². The highest BCUT2D eigenvalue weighted by Gasteiger charge is 2.11. The molecule has 1 aromatic rings. The van der Waals surface area contributed by atoms with E-state index in [1.165, 1.54) is 122 Å². The van der Waals surface area contributed by atoms with Crippen molar-refractivity contribution in [3.05, 3.63) is 18.2 Å². The minimum Gasteiger partial charge on any atom is -0.234 e. The van der Waals surface area contributed by atoms with Crippen LogP contribution in [0.5, 0.6) is 0 Å². The second kappa shape index (κ2) is 16.4. The van der Waals surface area contributed by atoms with Crippen molar-refractivity contribution >= 4 is 0 Å². The fourth-order valence-corrected chi connectivity index (χ4v) is 3.85. The Morgan fingerprint density at radius 3 is 1.65 bits per heavy atom. The number of hydrogen-bond acceptors (Lipinski definition) is 0. The van der Waals surface area contributed by atoms with Crippen LogP contribution < -0.4 is 4.57 Å². The van der Waals surface area contributed by atoms with Crippen molar-refractivity contribution in [2.24, 2.45) is 0 Å². The van der Waals surface area contributed by atoms with Gasteiger partial charge in [-0.05, 0) is 25.7 Å². The topological polar surface area (TPSA) is 8.81 Å². The molecule has 0 unspecified atom stereocenters. The summed E-state index contributed by atoms with van der Waals surface area (Å²) in [4.78, 5) is 0. The molecule has 1 aromatic heterocycles. The molecule has 0 fully saturated rings. The van der Waals surface area contributed by atoms with Gasteiger partial charge in [0.2, 0.25) is 0 Å². The molecule has 1 rings (SSSR count). The molecule has 152 valence electrons. The van der Waals surface area contributed by atoms with Gasteiger partial charge in [-0.15, -0.1) is 0 Å². The molecular weight excluding hydrogens is 316 g/mol. The molecule has 0 saturated heterocycles. The molecule has 0 radical (unpaired) electrons. The fourth-order valence-electron chi connectivity index (χ4n) is 3.85. The molecule has 26 heavy (non-hydrogen) atoms. The minimum atomic E-state index is 1.19. The molecule has 0 aliphatic carbocycles. The van der Waals surface area contributed by atoms with Crippen molar-refractivity contribution in [2.75, 3.05) is 0 Å². The first-order valence-corrected chi connectivity index (χ1v) is 11.8. The van der Waals surface area contributed by atoms with Gasteiger partial charge in [0.15, 0.2) is 0 Å². The van der Waals surface area contributed by atoms with E-state index in [1.54, 1.807) is 0 Å². The summed E-state index contributed by atoms with van der Waals surface area (Å²) in [5, 5.41) is 0. The van der Waals surface area contributed by atoms with E-state index in [4.69, 9.17) is 0 Å². The number of unbranched alkanes of at least 4 members (excludes halogenated alkanes) is 14. The molecule has 0 bridgehead atoms. The van der Waals surface area contributed by atoms with Crippen molar-refractivity contribution in [2.45, 2.75) is 137 Å². The average molecular weight is 364 g/mol. The number of aryl methyl sites for hydroxylation is 2. The summed E-state index contributed by atoms with van der Waals surface area (Å²) in [6, 6.07) is 0. The molecule has 0 spiro atoms. The third-order valence-electron chi connectivity index (χ3n) is 5.76. The maximum absolute atomic E-state index is 2.45. The van der Waals surface area contributed by atoms with E-state index in [-0.39, 0.29) is 0 Å². The van der Waals surface area contributed by atoms with E-state index >= 15 is 0 Å². The normalized spacial score (nSPS) is 11.3. The van der Waals surface area contributed by atoms with Gasteiger partial charge < -0.3 is 0 Å². The second-order valence-corrected chi connectivity index (χ2v) is 8.18. The lowest BCUT2D eigenvalue weighted by molar-refractivity contribution is -0.702. The Hall–Kier alpha value is -0.790. The van der Waals surface area contributed by atoms with E-state index in [0.717, 1.165) is 0 Å². The Balaban J connectivity index is 1.97. The highest BCUT2D eigenvalue weighted by atomic mass is 15.1. The predicted molar refractivity (Wildman–Crippen MR) is 115 cm³/mol. The van der Waals surface area contributed by atoms with Gasteiger partial charge in [-0.2, -0.15) is 0 Å². The summed E-state index contributed by atoms with van der Waals surface area (Å²) < 4.78 is 4.90. The monoisotopic (exact) mass is 363 g/mol. The third kappa shape index (κ3) is 11.0. The average Bonchev–Trinajstić information content (AvgIpc) is 3.00. The van der Waals surface area contributed by atoms with Crippen LogP contribution in [0, 0.1) is 6.92 Å². The summed E-state index contributed by atoms with van der Waals surface area (Å²) in [7, 11) is 0. The van der Waals surface area contributed by atoms with Crippen molar-refractivity contribution in [3.8, 4) is 0 Å². The van der Waals surface area contributed by atoms with Gasteiger partial charge >= 0.3 is 0 Å². The summed E-state index contributed by atoms with van der Waals surface area (Å²) >= 11 is 0. The zero-order valence-electron chi connectivity index (χ0n) is 18.3. The summed E-state index contributed by atoms with van der Waals surface area (Å²) in [6.07, 6.45) is 27.1. The van der Waals surface area contributed by atoms with Gasteiger partial charge in [-0.1, -0.05) is 90.9 Å². The maximum Gasteiger partial charge on any atom is 0.253 e. The van der Waals surface area contributed by atoms with Crippen molar-refractivity contribution in [3.63, 3.8) is 0 Å². The van der Waals surface area contributed by atoms with Crippen molar-refractivity contribution in [1.82, 2.24) is 4.57 Å². The van der Waals surface area contributed by atoms with Gasteiger partial charge in [0.05, 0.1) is 13.1 Å². The number of nitrogens with zero attached hydrogens (tertiary/aromatic N) is 2. The van der Waals surface area contributed by atoms with Crippen LogP contribution in [-0.4, -0.2) is 4.57 Å². The zero-order valence-corrected chi connectivity index (χ0v) is 18.3. The van der Waals surface area contributed by atoms with Crippen LogP contribution in [-0.2, 0) is 13.1 Å². The first-order valence-electron chi connectivity index (χ1n) is 11.8. The maximum atomic E-state index is 2.45. The van der Waals surface area contributed by atoms with Crippen LogP contribution in [0.1, 0.15) is 122 Å². The molecule has 0 N–H and O–H groups in total. The zero-order chi connectivity index (χ0) is 18.9. The smallest absolute Gasteiger partial charge is 0.234 e. The van der Waals surface area contributed by atoms with Crippen LogP contribution >= 0.6 is 0 Å². The van der Waals surface area contributed by atoms with E-state index in [2.05, 4.69) is 42.3 Å². The SMILES string of the molecule is CCCCCCCCCCCCCC[n+]1ccn(CCCCCC)c1C. The lowest BCUT2D eigenvalue weighted by Crippen LogP contribution is -2.35. The lowest BCUT2D eigenvalue weighted by atomic mass is 10.1. The van der Waals surface area contributed by atoms with Crippen molar-refractivity contribution in [1.29, 1.82) is 0 Å². The molecule has 0 atom stereocenters. The molecule has 0 amide bonds. The third-order valence-corrected chi connectivity index (χ3v) is 5.76. The Labute approximate surface area is 164 Å². The Kier molecular flexibility index (Phi) is 14.7. The highest BCUT2D eigenvalue weighted by Crippen LogP contribution is 2.12. The first kappa shape index (κ1) is 23.2. The quantitative estimate of drug-likeness (QED) is 0.190. The molecule has 2 nitrogen and oxygen atoms in total. The van der Waals surface area contributed by atoms with Crippen molar-refractivity contribution < 1.29 is 4.57 Å². The van der Waals surface area contributed by atoms with Gasteiger partial charge in [0, 0.05) is 6.92 Å². The summed E-state index contributed by atoms with van der Waals surface area (Å²) in [6.45, 7) is 9.25. The molecule has 0 aromatic carbocycles. The van der Waals surface area contributed by atoms with Gasteiger partial charge in [0.1, 0.15) is 12.4 Å². The number of imidazole rings is 1. The van der Waals surface area contributed by atoms with Crippen LogP contribution in [0.3, 0.4) is 0 Å². The van der Waals surface area contributed by atoms with E-state index < -0.39 is 0 Å². The van der Waals surface area contributed by atoms with Gasteiger partial charge in [-0.3, -0.25) is 0 Å². The molecule has 0 aliphatic rings.